The summed E-state index contributed by atoms with van der Waals surface area (Å²) in [5, 5.41) is 7.35. The molecule has 1 fully saturated rings. The Kier molecular flexibility index (Phi) is 7.51. The predicted octanol–water partition coefficient (Wildman–Crippen LogP) is 2.24. The zero-order valence-electron chi connectivity index (χ0n) is 19.3. The van der Waals surface area contributed by atoms with Gasteiger partial charge in [-0.15, -0.1) is 0 Å². The summed E-state index contributed by atoms with van der Waals surface area (Å²) < 4.78 is 12.7. The molecule has 0 aliphatic carbocycles. The van der Waals surface area contributed by atoms with Crippen LogP contribution in [0.15, 0.2) is 30.0 Å². The minimum atomic E-state index is -0.463. The standard InChI is InChI=1S/C22H35N5O4/c1-6-7-11-27-18(8-9-19(25(27)4)26-12-10-23-15-26)20(28)24-17-13-22(2,3)31-14-16(17)21(29)30-5/h10,12,15,18-19H,6-9,11,13-14H2,1-5H3,(H,24,28). The lowest BCUT2D eigenvalue weighted by atomic mass is 9.95. The lowest BCUT2D eigenvalue weighted by Crippen LogP contribution is -2.58. The predicted molar refractivity (Wildman–Crippen MR) is 115 cm³/mol. The molecule has 172 valence electrons. The van der Waals surface area contributed by atoms with E-state index >= 15 is 0 Å². The maximum absolute atomic E-state index is 13.4. The third-order valence-electron chi connectivity index (χ3n) is 6.09. The quantitative estimate of drug-likeness (QED) is 0.660. The number of hydrogen-bond donors (Lipinski definition) is 1. The van der Waals surface area contributed by atoms with Gasteiger partial charge in [0.2, 0.25) is 5.91 Å². The van der Waals surface area contributed by atoms with Crippen molar-refractivity contribution in [1.29, 1.82) is 0 Å². The second-order valence-corrected chi connectivity index (χ2v) is 8.84. The van der Waals surface area contributed by atoms with Gasteiger partial charge in [-0.3, -0.25) is 4.79 Å². The Hall–Kier alpha value is -2.23. The summed E-state index contributed by atoms with van der Waals surface area (Å²) >= 11 is 0. The second kappa shape index (κ2) is 9.93. The molecule has 1 aromatic heterocycles. The number of hydrazine groups is 1. The second-order valence-electron chi connectivity index (χ2n) is 8.84. The van der Waals surface area contributed by atoms with Crippen LogP contribution in [0.1, 0.15) is 59.0 Å². The monoisotopic (exact) mass is 433 g/mol. The van der Waals surface area contributed by atoms with Crippen molar-refractivity contribution in [1.82, 2.24) is 24.9 Å². The van der Waals surface area contributed by atoms with E-state index in [4.69, 9.17) is 9.47 Å². The summed E-state index contributed by atoms with van der Waals surface area (Å²) in [5.41, 5.74) is 0.524. The first-order valence-electron chi connectivity index (χ1n) is 11.0. The molecule has 2 atom stereocenters. The Morgan fingerprint density at radius 2 is 2.13 bits per heavy atom. The highest BCUT2D eigenvalue weighted by Crippen LogP contribution is 2.31. The summed E-state index contributed by atoms with van der Waals surface area (Å²) in [6.07, 6.45) is 9.67. The number of nitrogens with one attached hydrogen (secondary N) is 1. The van der Waals surface area contributed by atoms with Crippen LogP contribution in [0.4, 0.5) is 0 Å². The molecule has 9 heteroatoms. The van der Waals surface area contributed by atoms with Crippen molar-refractivity contribution in [3.63, 3.8) is 0 Å². The van der Waals surface area contributed by atoms with E-state index in [1.165, 1.54) is 7.11 Å². The van der Waals surface area contributed by atoms with Crippen molar-refractivity contribution in [2.24, 2.45) is 0 Å². The third-order valence-corrected chi connectivity index (χ3v) is 6.09. The van der Waals surface area contributed by atoms with Crippen molar-refractivity contribution in [3.05, 3.63) is 30.0 Å². The zero-order chi connectivity index (χ0) is 22.6. The van der Waals surface area contributed by atoms with E-state index in [0.717, 1.165) is 25.8 Å². The molecular formula is C22H35N5O4. The average molecular weight is 434 g/mol. The lowest BCUT2D eigenvalue weighted by molar-refractivity contribution is -0.156. The molecule has 0 spiro atoms. The summed E-state index contributed by atoms with van der Waals surface area (Å²) in [6.45, 7) is 6.95. The molecule has 1 aromatic rings. The van der Waals surface area contributed by atoms with Crippen LogP contribution in [0.5, 0.6) is 0 Å². The Balaban J connectivity index is 1.81. The van der Waals surface area contributed by atoms with Crippen molar-refractivity contribution in [2.75, 3.05) is 27.3 Å². The topological polar surface area (TPSA) is 88.9 Å². The first kappa shape index (κ1) is 23.4. The lowest BCUT2D eigenvalue weighted by Gasteiger charge is -2.46. The molecule has 0 aromatic carbocycles. The van der Waals surface area contributed by atoms with Crippen molar-refractivity contribution in [2.45, 2.75) is 70.7 Å². The van der Waals surface area contributed by atoms with Crippen LogP contribution >= 0.6 is 0 Å². The molecule has 2 unspecified atom stereocenters. The number of methoxy groups -OCH3 is 1. The SMILES string of the molecule is CCCCN1C(C(=O)NC2=C(C(=O)OC)COC(C)(C)C2)CCC(n2ccnc2)N1C. The van der Waals surface area contributed by atoms with E-state index in [1.807, 2.05) is 33.4 Å². The van der Waals surface area contributed by atoms with Crippen molar-refractivity contribution < 1.29 is 19.1 Å². The molecule has 0 bridgehead atoms. The summed E-state index contributed by atoms with van der Waals surface area (Å²) in [5.74, 6) is -0.560. The van der Waals surface area contributed by atoms with Crippen molar-refractivity contribution in [3.8, 4) is 0 Å². The number of unbranched alkanes of at least 4 members (excludes halogenated alkanes) is 1. The number of esters is 1. The number of imidazole rings is 1. The molecule has 1 amide bonds. The molecule has 3 rings (SSSR count). The fourth-order valence-corrected chi connectivity index (χ4v) is 4.32. The van der Waals surface area contributed by atoms with Gasteiger partial charge in [0, 0.05) is 38.1 Å². The highest BCUT2D eigenvalue weighted by Gasteiger charge is 2.39. The van der Waals surface area contributed by atoms with E-state index in [-0.39, 0.29) is 24.7 Å². The van der Waals surface area contributed by atoms with Gasteiger partial charge in [-0.05, 0) is 33.1 Å². The molecule has 1 saturated heterocycles. The van der Waals surface area contributed by atoms with Crippen LogP contribution in [0.3, 0.4) is 0 Å². The normalized spacial score (nSPS) is 24.8. The van der Waals surface area contributed by atoms with Crippen molar-refractivity contribution >= 4 is 11.9 Å². The highest BCUT2D eigenvalue weighted by atomic mass is 16.5. The smallest absolute Gasteiger partial charge is 0.337 e. The fraction of sp³-hybridized carbons (Fsp3) is 0.682. The number of hydrogen-bond acceptors (Lipinski definition) is 7. The molecule has 0 saturated carbocycles. The molecule has 3 heterocycles. The molecule has 2 aliphatic rings. The van der Waals surface area contributed by atoms with Crippen LogP contribution < -0.4 is 5.32 Å². The fourth-order valence-electron chi connectivity index (χ4n) is 4.32. The van der Waals surface area contributed by atoms with E-state index in [2.05, 4.69) is 31.8 Å². The summed E-state index contributed by atoms with van der Waals surface area (Å²) in [7, 11) is 3.36. The van der Waals surface area contributed by atoms with E-state index < -0.39 is 11.6 Å². The first-order chi connectivity index (χ1) is 14.8. The third kappa shape index (κ3) is 5.34. The van der Waals surface area contributed by atoms with Gasteiger partial charge in [-0.2, -0.15) is 0 Å². The van der Waals surface area contributed by atoms with Gasteiger partial charge in [-0.25, -0.2) is 19.8 Å². The van der Waals surface area contributed by atoms with Gasteiger partial charge in [0.15, 0.2) is 0 Å². The Morgan fingerprint density at radius 3 is 2.77 bits per heavy atom. The van der Waals surface area contributed by atoms with Gasteiger partial charge >= 0.3 is 5.97 Å². The van der Waals surface area contributed by atoms with Gasteiger partial charge in [-0.1, -0.05) is 13.3 Å². The largest absolute Gasteiger partial charge is 0.466 e. The number of rotatable bonds is 7. The number of carbonyl (C=O) groups is 2. The maximum Gasteiger partial charge on any atom is 0.337 e. The maximum atomic E-state index is 13.4. The number of aromatic nitrogens is 2. The average Bonchev–Trinajstić information content (AvgIpc) is 3.26. The first-order valence-corrected chi connectivity index (χ1v) is 11.0. The van der Waals surface area contributed by atoms with Gasteiger partial charge in [0.1, 0.15) is 12.2 Å². The molecule has 1 N–H and O–H groups in total. The van der Waals surface area contributed by atoms with Gasteiger partial charge in [0.05, 0.1) is 31.2 Å². The molecule has 31 heavy (non-hydrogen) atoms. The van der Waals surface area contributed by atoms with Crippen LogP contribution in [0, 0.1) is 0 Å². The molecule has 2 aliphatic heterocycles. The van der Waals surface area contributed by atoms with Gasteiger partial charge < -0.3 is 19.4 Å². The highest BCUT2D eigenvalue weighted by molar-refractivity contribution is 5.92. The molecule has 9 nitrogen and oxygen atoms in total. The van der Waals surface area contributed by atoms with Crippen LogP contribution in [-0.2, 0) is 19.1 Å². The van der Waals surface area contributed by atoms with Gasteiger partial charge in [0.25, 0.3) is 0 Å². The van der Waals surface area contributed by atoms with Crippen LogP contribution in [0.25, 0.3) is 0 Å². The Labute approximate surface area is 184 Å². The van der Waals surface area contributed by atoms with E-state index in [9.17, 15) is 9.59 Å². The van der Waals surface area contributed by atoms with E-state index in [1.54, 1.807) is 6.20 Å². The van der Waals surface area contributed by atoms with Crippen LogP contribution in [-0.4, -0.2) is 70.4 Å². The minimum absolute atomic E-state index is 0.0962. The number of amides is 1. The number of ether oxygens (including phenoxy) is 2. The Morgan fingerprint density at radius 1 is 1.35 bits per heavy atom. The summed E-state index contributed by atoms with van der Waals surface area (Å²) in [4.78, 5) is 29.8. The zero-order valence-corrected chi connectivity index (χ0v) is 19.3. The van der Waals surface area contributed by atoms with Crippen LogP contribution in [0.2, 0.25) is 0 Å². The number of nitrogens with zero attached hydrogens (tertiary/aromatic N) is 4. The minimum Gasteiger partial charge on any atom is -0.466 e. The molecule has 0 radical (unpaired) electrons. The van der Waals surface area contributed by atoms with E-state index in [0.29, 0.717) is 24.1 Å². The number of carbonyl (C=O) groups excluding carboxylic acids is 2. The summed E-state index contributed by atoms with van der Waals surface area (Å²) in [6, 6.07) is -0.311. The molecular weight excluding hydrogens is 398 g/mol. The Bertz CT molecular complexity index is 805.